The minimum Gasteiger partial charge on any atom is -0.489 e. The van der Waals surface area contributed by atoms with Crippen molar-refractivity contribution in [2.75, 3.05) is 5.32 Å². The second kappa shape index (κ2) is 7.15. The molecular weight excluding hydrogens is 358 g/mol. The molecule has 5 heteroatoms. The summed E-state index contributed by atoms with van der Waals surface area (Å²) in [4.78, 5) is 12.0. The van der Waals surface area contributed by atoms with Crippen LogP contribution < -0.4 is 10.1 Å². The van der Waals surface area contributed by atoms with Crippen LogP contribution in [0.3, 0.4) is 0 Å². The van der Waals surface area contributed by atoms with E-state index in [0.717, 1.165) is 10.0 Å². The number of nitrogens with one attached hydrogen (secondary N) is 1. The van der Waals surface area contributed by atoms with Crippen molar-refractivity contribution >= 4 is 27.5 Å². The van der Waals surface area contributed by atoms with Gasteiger partial charge >= 0.3 is 0 Å². The van der Waals surface area contributed by atoms with E-state index >= 15 is 0 Å². The SMILES string of the molecule is O=C(Nc1cccc(OCc2cccc(Br)c2)c1)c1ccco1. The number of rotatable bonds is 5. The molecule has 0 unspecified atom stereocenters. The summed E-state index contributed by atoms with van der Waals surface area (Å²) in [5, 5.41) is 2.77. The molecule has 0 aliphatic heterocycles. The molecule has 0 saturated carbocycles. The first-order valence-electron chi connectivity index (χ1n) is 7.03. The van der Waals surface area contributed by atoms with Gasteiger partial charge in [-0.25, -0.2) is 0 Å². The zero-order valence-electron chi connectivity index (χ0n) is 12.2. The first kappa shape index (κ1) is 15.4. The van der Waals surface area contributed by atoms with Crippen LogP contribution in [0.15, 0.2) is 75.8 Å². The molecule has 0 fully saturated rings. The lowest BCUT2D eigenvalue weighted by molar-refractivity contribution is 0.0996. The van der Waals surface area contributed by atoms with Crippen LogP contribution in [0, 0.1) is 0 Å². The van der Waals surface area contributed by atoms with Gasteiger partial charge in [0.15, 0.2) is 5.76 Å². The monoisotopic (exact) mass is 371 g/mol. The highest BCUT2D eigenvalue weighted by Gasteiger charge is 2.09. The summed E-state index contributed by atoms with van der Waals surface area (Å²) in [6, 6.07) is 18.5. The lowest BCUT2D eigenvalue weighted by Gasteiger charge is -2.09. The second-order valence-corrected chi connectivity index (χ2v) is 5.79. The van der Waals surface area contributed by atoms with E-state index in [1.54, 1.807) is 24.3 Å². The van der Waals surface area contributed by atoms with Crippen molar-refractivity contribution in [1.82, 2.24) is 0 Å². The highest BCUT2D eigenvalue weighted by molar-refractivity contribution is 9.10. The predicted molar refractivity (Wildman–Crippen MR) is 91.6 cm³/mol. The Morgan fingerprint density at radius 1 is 1.09 bits per heavy atom. The maximum Gasteiger partial charge on any atom is 0.291 e. The number of ether oxygens (including phenoxy) is 1. The van der Waals surface area contributed by atoms with Gasteiger partial charge in [-0.1, -0.05) is 34.1 Å². The molecule has 4 nitrogen and oxygen atoms in total. The molecule has 3 aromatic rings. The van der Waals surface area contributed by atoms with Crippen LogP contribution in [-0.2, 0) is 6.61 Å². The number of carbonyl (C=O) groups excluding carboxylic acids is 1. The van der Waals surface area contributed by atoms with Crippen LogP contribution in [-0.4, -0.2) is 5.91 Å². The van der Waals surface area contributed by atoms with Gasteiger partial charge in [-0.05, 0) is 42.0 Å². The Balaban J connectivity index is 1.64. The maximum absolute atomic E-state index is 12.0. The minimum absolute atomic E-state index is 0.269. The molecular formula is C18H14BrNO3. The van der Waals surface area contributed by atoms with Gasteiger partial charge in [0.1, 0.15) is 12.4 Å². The summed E-state index contributed by atoms with van der Waals surface area (Å²) in [5.41, 5.74) is 1.71. The smallest absolute Gasteiger partial charge is 0.291 e. The lowest BCUT2D eigenvalue weighted by Crippen LogP contribution is -2.10. The second-order valence-electron chi connectivity index (χ2n) is 4.88. The molecule has 1 N–H and O–H groups in total. The van der Waals surface area contributed by atoms with Gasteiger partial charge in [0.05, 0.1) is 6.26 Å². The summed E-state index contributed by atoms with van der Waals surface area (Å²) in [6.45, 7) is 0.453. The molecule has 1 amide bonds. The van der Waals surface area contributed by atoms with Crippen molar-refractivity contribution in [3.63, 3.8) is 0 Å². The lowest BCUT2D eigenvalue weighted by atomic mass is 10.2. The molecule has 116 valence electrons. The standard InChI is InChI=1S/C18H14BrNO3/c19-14-5-1-4-13(10-14)12-23-16-7-2-6-15(11-16)20-18(21)17-8-3-9-22-17/h1-11H,12H2,(H,20,21). The Hall–Kier alpha value is -2.53. The highest BCUT2D eigenvalue weighted by Crippen LogP contribution is 2.20. The number of anilines is 1. The van der Waals surface area contributed by atoms with E-state index in [1.807, 2.05) is 36.4 Å². The highest BCUT2D eigenvalue weighted by atomic mass is 79.9. The van der Waals surface area contributed by atoms with Crippen molar-refractivity contribution in [3.05, 3.63) is 82.7 Å². The summed E-state index contributed by atoms with van der Waals surface area (Å²) >= 11 is 3.43. The number of hydrogen-bond donors (Lipinski definition) is 1. The number of amides is 1. The third-order valence-corrected chi connectivity index (χ3v) is 3.62. The van der Waals surface area contributed by atoms with Gasteiger partial charge in [0.25, 0.3) is 5.91 Å². The van der Waals surface area contributed by atoms with Crippen molar-refractivity contribution in [1.29, 1.82) is 0 Å². The van der Waals surface area contributed by atoms with Gasteiger partial charge in [-0.15, -0.1) is 0 Å². The Labute approximate surface area is 142 Å². The Kier molecular flexibility index (Phi) is 4.78. The molecule has 0 aliphatic carbocycles. The molecule has 0 bridgehead atoms. The summed E-state index contributed by atoms with van der Waals surface area (Å²) in [7, 11) is 0. The summed E-state index contributed by atoms with van der Waals surface area (Å²) in [6.07, 6.45) is 1.46. The Bertz CT molecular complexity index is 800. The Morgan fingerprint density at radius 3 is 2.74 bits per heavy atom. The van der Waals surface area contributed by atoms with E-state index in [2.05, 4.69) is 21.2 Å². The van der Waals surface area contributed by atoms with Gasteiger partial charge in [-0.2, -0.15) is 0 Å². The van der Waals surface area contributed by atoms with Gasteiger partial charge in [0.2, 0.25) is 0 Å². The zero-order chi connectivity index (χ0) is 16.1. The first-order chi connectivity index (χ1) is 11.2. The average Bonchev–Trinajstić information content (AvgIpc) is 3.08. The zero-order valence-corrected chi connectivity index (χ0v) is 13.7. The molecule has 2 aromatic carbocycles. The fourth-order valence-corrected chi connectivity index (χ4v) is 2.50. The third kappa shape index (κ3) is 4.23. The van der Waals surface area contributed by atoms with Gasteiger partial charge in [0, 0.05) is 16.2 Å². The van der Waals surface area contributed by atoms with Crippen LogP contribution in [0.5, 0.6) is 5.75 Å². The van der Waals surface area contributed by atoms with E-state index < -0.39 is 0 Å². The molecule has 1 aromatic heterocycles. The fraction of sp³-hybridized carbons (Fsp3) is 0.0556. The average molecular weight is 372 g/mol. The molecule has 0 aliphatic rings. The van der Waals surface area contributed by atoms with Crippen molar-refractivity contribution in [2.24, 2.45) is 0 Å². The van der Waals surface area contributed by atoms with E-state index in [9.17, 15) is 4.79 Å². The van der Waals surface area contributed by atoms with E-state index in [4.69, 9.17) is 9.15 Å². The number of benzene rings is 2. The molecule has 0 radical (unpaired) electrons. The van der Waals surface area contributed by atoms with E-state index in [0.29, 0.717) is 18.0 Å². The molecule has 23 heavy (non-hydrogen) atoms. The van der Waals surface area contributed by atoms with Crippen LogP contribution >= 0.6 is 15.9 Å². The number of carbonyl (C=O) groups is 1. The van der Waals surface area contributed by atoms with Gasteiger partial charge < -0.3 is 14.5 Å². The normalized spacial score (nSPS) is 10.3. The molecule has 1 heterocycles. The first-order valence-corrected chi connectivity index (χ1v) is 7.82. The van der Waals surface area contributed by atoms with Crippen LogP contribution in [0.1, 0.15) is 16.1 Å². The van der Waals surface area contributed by atoms with Crippen LogP contribution in [0.4, 0.5) is 5.69 Å². The largest absolute Gasteiger partial charge is 0.489 e. The van der Waals surface area contributed by atoms with Crippen molar-refractivity contribution < 1.29 is 13.9 Å². The van der Waals surface area contributed by atoms with E-state index in [1.165, 1.54) is 6.26 Å². The summed E-state index contributed by atoms with van der Waals surface area (Å²) < 4.78 is 11.8. The van der Waals surface area contributed by atoms with Crippen LogP contribution in [0.25, 0.3) is 0 Å². The fourth-order valence-electron chi connectivity index (χ4n) is 2.06. The Morgan fingerprint density at radius 2 is 1.96 bits per heavy atom. The molecule has 0 atom stereocenters. The molecule has 3 rings (SSSR count). The minimum atomic E-state index is -0.292. The maximum atomic E-state index is 12.0. The number of hydrogen-bond acceptors (Lipinski definition) is 3. The number of halogens is 1. The predicted octanol–water partition coefficient (Wildman–Crippen LogP) is 4.87. The topological polar surface area (TPSA) is 51.5 Å². The molecule has 0 saturated heterocycles. The van der Waals surface area contributed by atoms with Crippen LogP contribution in [0.2, 0.25) is 0 Å². The van der Waals surface area contributed by atoms with Gasteiger partial charge in [-0.3, -0.25) is 4.79 Å². The number of furan rings is 1. The quantitative estimate of drug-likeness (QED) is 0.695. The van der Waals surface area contributed by atoms with Crippen molar-refractivity contribution in [3.8, 4) is 5.75 Å². The molecule has 0 spiro atoms. The van der Waals surface area contributed by atoms with Crippen molar-refractivity contribution in [2.45, 2.75) is 6.61 Å². The third-order valence-electron chi connectivity index (χ3n) is 3.13. The summed E-state index contributed by atoms with van der Waals surface area (Å²) in [5.74, 6) is 0.659. The van der Waals surface area contributed by atoms with E-state index in [-0.39, 0.29) is 11.7 Å².